The molecule has 0 bridgehead atoms. The number of nitrogens with zero attached hydrogens (tertiary/aromatic N) is 1. The van der Waals surface area contributed by atoms with Gasteiger partial charge in [-0.1, -0.05) is 6.07 Å². The molecule has 0 saturated carbocycles. The lowest BCUT2D eigenvalue weighted by atomic mass is 10.2. The Hall–Kier alpha value is -2.36. The van der Waals surface area contributed by atoms with Crippen LogP contribution in [0, 0.1) is 0 Å². The fourth-order valence-corrected chi connectivity index (χ4v) is 1.29. The van der Waals surface area contributed by atoms with Crippen LogP contribution in [0.2, 0.25) is 0 Å². The molecule has 2 aromatic rings. The summed E-state index contributed by atoms with van der Waals surface area (Å²) in [6.45, 7) is 0.392. The first kappa shape index (κ1) is 11.1. The zero-order chi connectivity index (χ0) is 11.9. The van der Waals surface area contributed by atoms with Gasteiger partial charge in [0.15, 0.2) is 0 Å². The fraction of sp³-hybridized carbons (Fsp3) is 0.0769. The van der Waals surface area contributed by atoms with Crippen LogP contribution >= 0.6 is 0 Å². The van der Waals surface area contributed by atoms with Crippen molar-refractivity contribution in [2.24, 2.45) is 0 Å². The number of nitrogens with one attached hydrogen (secondary N) is 1. The number of hydrogen-bond donors (Lipinski definition) is 1. The quantitative estimate of drug-likeness (QED) is 0.814. The summed E-state index contributed by atoms with van der Waals surface area (Å²) in [6, 6.07) is 7.29. The zero-order valence-corrected chi connectivity index (χ0v) is 9.17. The van der Waals surface area contributed by atoms with Crippen LogP contribution in [-0.2, 0) is 11.3 Å². The number of carbonyl (C=O) groups is 1. The highest BCUT2D eigenvalue weighted by atomic mass is 16.3. The third kappa shape index (κ3) is 3.61. The molecule has 0 radical (unpaired) electrons. The molecule has 4 nitrogen and oxygen atoms in total. The molecule has 1 amide bonds. The highest BCUT2D eigenvalue weighted by molar-refractivity contribution is 5.91. The van der Waals surface area contributed by atoms with Gasteiger partial charge in [0.25, 0.3) is 0 Å². The summed E-state index contributed by atoms with van der Waals surface area (Å²) in [5, 5.41) is 2.72. The minimum absolute atomic E-state index is 0.162. The van der Waals surface area contributed by atoms with E-state index in [2.05, 4.69) is 10.3 Å². The van der Waals surface area contributed by atoms with Crippen LogP contribution in [-0.4, -0.2) is 10.9 Å². The Balaban J connectivity index is 1.83. The van der Waals surface area contributed by atoms with Crippen LogP contribution in [0.1, 0.15) is 11.3 Å². The largest absolute Gasteiger partial charge is 0.467 e. The van der Waals surface area contributed by atoms with Crippen LogP contribution in [0.3, 0.4) is 0 Å². The van der Waals surface area contributed by atoms with Gasteiger partial charge < -0.3 is 9.73 Å². The molecule has 0 saturated heterocycles. The summed E-state index contributed by atoms with van der Waals surface area (Å²) in [4.78, 5) is 15.4. The van der Waals surface area contributed by atoms with Gasteiger partial charge in [-0.05, 0) is 29.8 Å². The topological polar surface area (TPSA) is 55.1 Å². The van der Waals surface area contributed by atoms with Crippen molar-refractivity contribution in [2.75, 3.05) is 0 Å². The average Bonchev–Trinajstić information content (AvgIpc) is 2.88. The van der Waals surface area contributed by atoms with Gasteiger partial charge in [-0.15, -0.1) is 0 Å². The molecule has 17 heavy (non-hydrogen) atoms. The lowest BCUT2D eigenvalue weighted by molar-refractivity contribution is -0.116. The van der Waals surface area contributed by atoms with Gasteiger partial charge in [0, 0.05) is 18.5 Å². The summed E-state index contributed by atoms with van der Waals surface area (Å²) >= 11 is 0. The summed E-state index contributed by atoms with van der Waals surface area (Å²) in [5.74, 6) is 0.568. The number of pyridine rings is 1. The minimum Gasteiger partial charge on any atom is -0.467 e. The maximum atomic E-state index is 11.5. The molecule has 0 aromatic carbocycles. The van der Waals surface area contributed by atoms with Crippen molar-refractivity contribution in [3.63, 3.8) is 0 Å². The molecule has 0 spiro atoms. The first-order chi connectivity index (χ1) is 8.34. The second kappa shape index (κ2) is 5.65. The molecule has 2 rings (SSSR count). The van der Waals surface area contributed by atoms with Crippen molar-refractivity contribution < 1.29 is 9.21 Å². The molecule has 86 valence electrons. The predicted molar refractivity (Wildman–Crippen MR) is 63.8 cm³/mol. The SMILES string of the molecule is O=C(/C=C/c1cccnc1)NCc1ccco1. The number of rotatable bonds is 4. The van der Waals surface area contributed by atoms with E-state index < -0.39 is 0 Å². The second-order valence-electron chi connectivity index (χ2n) is 3.42. The lowest BCUT2D eigenvalue weighted by Gasteiger charge is -1.98. The smallest absolute Gasteiger partial charge is 0.244 e. The van der Waals surface area contributed by atoms with E-state index in [0.717, 1.165) is 11.3 Å². The van der Waals surface area contributed by atoms with Gasteiger partial charge in [0.1, 0.15) is 5.76 Å². The number of carbonyl (C=O) groups excluding carboxylic acids is 1. The van der Waals surface area contributed by atoms with E-state index in [1.165, 1.54) is 6.08 Å². The Kier molecular flexibility index (Phi) is 3.70. The molecule has 0 aliphatic rings. The zero-order valence-electron chi connectivity index (χ0n) is 9.17. The third-order valence-corrected chi connectivity index (χ3v) is 2.13. The predicted octanol–water partition coefficient (Wildman–Crippen LogP) is 2.00. The third-order valence-electron chi connectivity index (χ3n) is 2.13. The van der Waals surface area contributed by atoms with E-state index in [1.807, 2.05) is 18.2 Å². The van der Waals surface area contributed by atoms with Crippen LogP contribution < -0.4 is 5.32 Å². The number of hydrogen-bond acceptors (Lipinski definition) is 3. The molecule has 2 heterocycles. The maximum absolute atomic E-state index is 11.5. The molecular formula is C13H12N2O2. The van der Waals surface area contributed by atoms with Gasteiger partial charge in [-0.3, -0.25) is 9.78 Å². The Bertz CT molecular complexity index is 489. The Morgan fingerprint density at radius 3 is 3.06 bits per heavy atom. The van der Waals surface area contributed by atoms with E-state index >= 15 is 0 Å². The van der Waals surface area contributed by atoms with Crippen LogP contribution in [0.25, 0.3) is 6.08 Å². The van der Waals surface area contributed by atoms with Crippen LogP contribution in [0.15, 0.2) is 53.4 Å². The Morgan fingerprint density at radius 2 is 2.35 bits per heavy atom. The van der Waals surface area contributed by atoms with Gasteiger partial charge >= 0.3 is 0 Å². The molecule has 0 unspecified atom stereocenters. The van der Waals surface area contributed by atoms with Crippen molar-refractivity contribution in [2.45, 2.75) is 6.54 Å². The average molecular weight is 228 g/mol. The highest BCUT2D eigenvalue weighted by Crippen LogP contribution is 2.00. The molecular weight excluding hydrogens is 216 g/mol. The lowest BCUT2D eigenvalue weighted by Crippen LogP contribution is -2.19. The minimum atomic E-state index is -0.162. The Morgan fingerprint density at radius 1 is 1.41 bits per heavy atom. The second-order valence-corrected chi connectivity index (χ2v) is 3.42. The first-order valence-corrected chi connectivity index (χ1v) is 5.23. The van der Waals surface area contributed by atoms with E-state index in [9.17, 15) is 4.79 Å². The number of aromatic nitrogens is 1. The van der Waals surface area contributed by atoms with Crippen molar-refractivity contribution in [3.05, 3.63) is 60.3 Å². The van der Waals surface area contributed by atoms with Crippen LogP contribution in [0.5, 0.6) is 0 Å². The maximum Gasteiger partial charge on any atom is 0.244 e. The summed E-state index contributed by atoms with van der Waals surface area (Å²) < 4.78 is 5.10. The van der Waals surface area contributed by atoms with Crippen LogP contribution in [0.4, 0.5) is 0 Å². The normalized spacial score (nSPS) is 10.6. The Labute approximate surface area is 99.0 Å². The standard InChI is InChI=1S/C13H12N2O2/c16-13(15-10-12-4-2-8-17-12)6-5-11-3-1-7-14-9-11/h1-9H,10H2,(H,15,16)/b6-5+. The first-order valence-electron chi connectivity index (χ1n) is 5.23. The van der Waals surface area contributed by atoms with Gasteiger partial charge in [0.05, 0.1) is 12.8 Å². The monoisotopic (exact) mass is 228 g/mol. The van der Waals surface area contributed by atoms with E-state index in [4.69, 9.17) is 4.42 Å². The molecule has 2 aromatic heterocycles. The van der Waals surface area contributed by atoms with Gasteiger partial charge in [0.2, 0.25) is 5.91 Å². The molecule has 0 aliphatic heterocycles. The number of furan rings is 1. The van der Waals surface area contributed by atoms with E-state index in [-0.39, 0.29) is 5.91 Å². The van der Waals surface area contributed by atoms with Crippen molar-refractivity contribution in [1.29, 1.82) is 0 Å². The molecule has 4 heteroatoms. The van der Waals surface area contributed by atoms with Crippen molar-refractivity contribution >= 4 is 12.0 Å². The molecule has 0 atom stereocenters. The highest BCUT2D eigenvalue weighted by Gasteiger charge is 1.98. The fourth-order valence-electron chi connectivity index (χ4n) is 1.29. The summed E-state index contributed by atoms with van der Waals surface area (Å²) in [5.41, 5.74) is 0.889. The van der Waals surface area contributed by atoms with Gasteiger partial charge in [-0.25, -0.2) is 0 Å². The summed E-state index contributed by atoms with van der Waals surface area (Å²) in [7, 11) is 0. The van der Waals surface area contributed by atoms with E-state index in [0.29, 0.717) is 6.54 Å². The van der Waals surface area contributed by atoms with Crippen molar-refractivity contribution in [1.82, 2.24) is 10.3 Å². The molecule has 0 aliphatic carbocycles. The molecule has 1 N–H and O–H groups in total. The van der Waals surface area contributed by atoms with Gasteiger partial charge in [-0.2, -0.15) is 0 Å². The summed E-state index contributed by atoms with van der Waals surface area (Å²) in [6.07, 6.45) is 8.14. The number of amides is 1. The van der Waals surface area contributed by atoms with E-state index in [1.54, 1.807) is 30.8 Å². The van der Waals surface area contributed by atoms with Crippen molar-refractivity contribution in [3.8, 4) is 0 Å². The molecule has 0 fully saturated rings.